The number of aromatic nitrogens is 3. The number of likely N-dealkylation sites (N-methyl/N-ethyl adjacent to an activating group) is 1. The fourth-order valence-corrected chi connectivity index (χ4v) is 2.56. The van der Waals surface area contributed by atoms with E-state index >= 15 is 0 Å². The third-order valence-corrected chi connectivity index (χ3v) is 4.08. The summed E-state index contributed by atoms with van der Waals surface area (Å²) in [7, 11) is 1.76. The third-order valence-electron chi connectivity index (χ3n) is 3.70. The number of H-pyrrole nitrogens is 1. The zero-order valence-electron chi connectivity index (χ0n) is 11.8. The van der Waals surface area contributed by atoms with E-state index in [0.29, 0.717) is 29.6 Å². The van der Waals surface area contributed by atoms with Gasteiger partial charge in [-0.3, -0.25) is 14.9 Å². The molecule has 5 nitrogen and oxygen atoms in total. The van der Waals surface area contributed by atoms with Gasteiger partial charge in [0, 0.05) is 37.8 Å². The molecule has 1 saturated carbocycles. The average molecular weight is 305 g/mol. The fraction of sp³-hybridized carbons (Fsp3) is 0.400. The Hall–Kier alpha value is -1.88. The van der Waals surface area contributed by atoms with Gasteiger partial charge in [-0.2, -0.15) is 5.10 Å². The van der Waals surface area contributed by atoms with Crippen LogP contribution in [0, 0.1) is 0 Å². The van der Waals surface area contributed by atoms with Crippen LogP contribution in [0.25, 0.3) is 0 Å². The van der Waals surface area contributed by atoms with Crippen molar-refractivity contribution in [1.29, 1.82) is 0 Å². The van der Waals surface area contributed by atoms with Crippen molar-refractivity contribution in [3.05, 3.63) is 46.5 Å². The molecular weight excluding hydrogens is 288 g/mol. The van der Waals surface area contributed by atoms with Crippen LogP contribution in [-0.2, 0) is 6.42 Å². The highest BCUT2D eigenvalue weighted by molar-refractivity contribution is 6.34. The summed E-state index contributed by atoms with van der Waals surface area (Å²) in [5, 5.41) is 7.47. The Balaban J connectivity index is 1.64. The molecule has 1 N–H and O–H groups in total. The van der Waals surface area contributed by atoms with Gasteiger partial charge in [0.15, 0.2) is 5.69 Å². The predicted octanol–water partition coefficient (Wildman–Crippen LogP) is 2.65. The molecule has 2 heterocycles. The standard InChI is InChI=1S/C15H17ClN4O/c1-20(9-7-11-4-2-3-8-17-11)15(21)14-12(16)13(18-19-14)10-5-6-10/h2-4,8,10H,5-7,9H2,1H3,(H,18,19). The Labute approximate surface area is 128 Å². The molecule has 1 fully saturated rings. The molecule has 2 aromatic heterocycles. The summed E-state index contributed by atoms with van der Waals surface area (Å²) in [5.41, 5.74) is 2.18. The number of halogens is 1. The minimum atomic E-state index is -0.154. The second-order valence-electron chi connectivity index (χ2n) is 5.37. The molecule has 0 aromatic carbocycles. The van der Waals surface area contributed by atoms with Crippen LogP contribution in [0.15, 0.2) is 24.4 Å². The molecule has 3 rings (SSSR count). The lowest BCUT2D eigenvalue weighted by Gasteiger charge is -2.15. The first-order valence-electron chi connectivity index (χ1n) is 7.06. The lowest BCUT2D eigenvalue weighted by Crippen LogP contribution is -2.29. The van der Waals surface area contributed by atoms with Crippen molar-refractivity contribution in [2.24, 2.45) is 0 Å². The molecule has 21 heavy (non-hydrogen) atoms. The van der Waals surface area contributed by atoms with E-state index in [1.165, 1.54) is 0 Å². The molecule has 2 aromatic rings. The number of nitrogens with zero attached hydrogens (tertiary/aromatic N) is 3. The maximum Gasteiger partial charge on any atom is 0.275 e. The number of hydrogen-bond donors (Lipinski definition) is 1. The van der Waals surface area contributed by atoms with E-state index in [-0.39, 0.29) is 5.91 Å². The highest BCUT2D eigenvalue weighted by atomic mass is 35.5. The van der Waals surface area contributed by atoms with Gasteiger partial charge < -0.3 is 4.90 Å². The summed E-state index contributed by atoms with van der Waals surface area (Å²) in [6.45, 7) is 0.581. The number of rotatable bonds is 5. The topological polar surface area (TPSA) is 61.9 Å². The molecule has 0 saturated heterocycles. The van der Waals surface area contributed by atoms with E-state index in [1.807, 2.05) is 18.2 Å². The predicted molar refractivity (Wildman–Crippen MR) is 80.5 cm³/mol. The first kappa shape index (κ1) is 14.1. The lowest BCUT2D eigenvalue weighted by atomic mass is 10.2. The fourth-order valence-electron chi connectivity index (χ4n) is 2.24. The molecule has 1 aliphatic carbocycles. The van der Waals surface area contributed by atoms with Crippen LogP contribution in [0.2, 0.25) is 5.02 Å². The zero-order chi connectivity index (χ0) is 14.8. The van der Waals surface area contributed by atoms with Gasteiger partial charge in [0.2, 0.25) is 0 Å². The Kier molecular flexibility index (Phi) is 3.92. The van der Waals surface area contributed by atoms with Crippen LogP contribution < -0.4 is 0 Å². The molecular formula is C15H17ClN4O. The number of aromatic amines is 1. The van der Waals surface area contributed by atoms with Crippen LogP contribution in [0.5, 0.6) is 0 Å². The Bertz CT molecular complexity index is 636. The summed E-state index contributed by atoms with van der Waals surface area (Å²) in [5.74, 6) is 0.296. The van der Waals surface area contributed by atoms with E-state index in [9.17, 15) is 4.79 Å². The Morgan fingerprint density at radius 3 is 2.95 bits per heavy atom. The van der Waals surface area contributed by atoms with E-state index in [2.05, 4.69) is 15.2 Å². The molecule has 1 aliphatic rings. The summed E-state index contributed by atoms with van der Waals surface area (Å²) < 4.78 is 0. The van der Waals surface area contributed by atoms with Crippen LogP contribution in [-0.4, -0.2) is 39.6 Å². The molecule has 0 spiro atoms. The normalized spacial score (nSPS) is 14.2. The molecule has 0 radical (unpaired) electrons. The van der Waals surface area contributed by atoms with Crippen LogP contribution in [0.3, 0.4) is 0 Å². The van der Waals surface area contributed by atoms with E-state index < -0.39 is 0 Å². The number of hydrogen-bond acceptors (Lipinski definition) is 3. The highest BCUT2D eigenvalue weighted by Crippen LogP contribution is 2.42. The monoisotopic (exact) mass is 304 g/mol. The van der Waals surface area contributed by atoms with Gasteiger partial charge in [0.05, 0.1) is 10.7 Å². The molecule has 6 heteroatoms. The van der Waals surface area contributed by atoms with E-state index in [1.54, 1.807) is 18.1 Å². The van der Waals surface area contributed by atoms with Crippen LogP contribution in [0.1, 0.15) is 40.6 Å². The summed E-state index contributed by atoms with van der Waals surface area (Å²) in [6, 6.07) is 5.77. The number of carbonyl (C=O) groups is 1. The Morgan fingerprint density at radius 2 is 2.29 bits per heavy atom. The smallest absolute Gasteiger partial charge is 0.275 e. The third kappa shape index (κ3) is 3.08. The molecule has 1 amide bonds. The molecule has 0 aliphatic heterocycles. The molecule has 110 valence electrons. The van der Waals surface area contributed by atoms with Crippen molar-refractivity contribution in [2.75, 3.05) is 13.6 Å². The number of carbonyl (C=O) groups excluding carboxylic acids is 1. The van der Waals surface area contributed by atoms with Crippen molar-refractivity contribution in [3.63, 3.8) is 0 Å². The van der Waals surface area contributed by atoms with Gasteiger partial charge in [0.1, 0.15) is 0 Å². The van der Waals surface area contributed by atoms with Crippen molar-refractivity contribution in [3.8, 4) is 0 Å². The summed E-state index contributed by atoms with van der Waals surface area (Å²) in [4.78, 5) is 18.3. The highest BCUT2D eigenvalue weighted by Gasteiger charge is 2.31. The Morgan fingerprint density at radius 1 is 1.48 bits per heavy atom. The zero-order valence-corrected chi connectivity index (χ0v) is 12.6. The van der Waals surface area contributed by atoms with Crippen LogP contribution in [0.4, 0.5) is 0 Å². The van der Waals surface area contributed by atoms with Crippen molar-refractivity contribution in [2.45, 2.75) is 25.2 Å². The van der Waals surface area contributed by atoms with Gasteiger partial charge in [0.25, 0.3) is 5.91 Å². The maximum absolute atomic E-state index is 12.4. The minimum absolute atomic E-state index is 0.154. The van der Waals surface area contributed by atoms with Crippen molar-refractivity contribution < 1.29 is 4.79 Å². The van der Waals surface area contributed by atoms with Crippen LogP contribution >= 0.6 is 11.6 Å². The average Bonchev–Trinajstić information content (AvgIpc) is 3.28. The van der Waals surface area contributed by atoms with E-state index in [4.69, 9.17) is 11.6 Å². The second kappa shape index (κ2) is 5.85. The molecule has 0 unspecified atom stereocenters. The maximum atomic E-state index is 12.4. The first-order chi connectivity index (χ1) is 10.2. The lowest BCUT2D eigenvalue weighted by molar-refractivity contribution is 0.0790. The molecule has 0 bridgehead atoms. The quantitative estimate of drug-likeness (QED) is 0.923. The van der Waals surface area contributed by atoms with Gasteiger partial charge in [-0.1, -0.05) is 17.7 Å². The summed E-state index contributed by atoms with van der Waals surface area (Å²) in [6.07, 6.45) is 4.69. The van der Waals surface area contributed by atoms with Gasteiger partial charge in [-0.05, 0) is 25.0 Å². The van der Waals surface area contributed by atoms with E-state index in [0.717, 1.165) is 24.2 Å². The number of amides is 1. The largest absolute Gasteiger partial charge is 0.340 e. The van der Waals surface area contributed by atoms with Crippen molar-refractivity contribution in [1.82, 2.24) is 20.1 Å². The number of pyridine rings is 1. The van der Waals surface area contributed by atoms with Gasteiger partial charge in [-0.15, -0.1) is 0 Å². The number of nitrogens with one attached hydrogen (secondary N) is 1. The van der Waals surface area contributed by atoms with Gasteiger partial charge in [-0.25, -0.2) is 0 Å². The van der Waals surface area contributed by atoms with Crippen molar-refractivity contribution >= 4 is 17.5 Å². The second-order valence-corrected chi connectivity index (χ2v) is 5.75. The summed E-state index contributed by atoms with van der Waals surface area (Å²) >= 11 is 6.26. The minimum Gasteiger partial charge on any atom is -0.340 e. The SMILES string of the molecule is CN(CCc1ccccn1)C(=O)c1n[nH]c(C2CC2)c1Cl. The first-order valence-corrected chi connectivity index (χ1v) is 7.43. The van der Waals surface area contributed by atoms with Gasteiger partial charge >= 0.3 is 0 Å². The molecule has 0 atom stereocenters.